The topological polar surface area (TPSA) is 100 Å². The van der Waals surface area contributed by atoms with Crippen molar-refractivity contribution in [3.05, 3.63) is 77.5 Å². The molecule has 0 bridgehead atoms. The zero-order chi connectivity index (χ0) is 25.9. The number of carbonyl (C=O) groups is 1. The van der Waals surface area contributed by atoms with E-state index in [0.29, 0.717) is 22.2 Å². The minimum absolute atomic E-state index is 0.268. The zero-order valence-electron chi connectivity index (χ0n) is 20.4. The summed E-state index contributed by atoms with van der Waals surface area (Å²) in [6, 6.07) is 12.3. The van der Waals surface area contributed by atoms with Crippen LogP contribution in [0.1, 0.15) is 18.5 Å². The molecular formula is C27H27ClFN7O. The molecule has 3 heterocycles. The number of nitrogens with two attached hydrogens (primary N) is 1. The van der Waals surface area contributed by atoms with Crippen molar-refractivity contribution in [1.29, 1.82) is 0 Å². The third-order valence-corrected chi connectivity index (χ3v) is 6.85. The first-order chi connectivity index (χ1) is 17.9. The van der Waals surface area contributed by atoms with Crippen LogP contribution in [-0.2, 0) is 4.79 Å². The van der Waals surface area contributed by atoms with E-state index < -0.39 is 0 Å². The van der Waals surface area contributed by atoms with Crippen molar-refractivity contribution >= 4 is 40.0 Å². The van der Waals surface area contributed by atoms with Crippen LogP contribution < -0.4 is 16.0 Å². The predicted octanol–water partition coefficient (Wildman–Crippen LogP) is 4.26. The first kappa shape index (κ1) is 24.9. The summed E-state index contributed by atoms with van der Waals surface area (Å²) in [6.45, 7) is 5.07. The number of benzene rings is 2. The lowest BCUT2D eigenvalue weighted by molar-refractivity contribution is -0.119. The normalized spacial score (nSPS) is 15.1. The molecule has 3 N–H and O–H groups in total. The van der Waals surface area contributed by atoms with Crippen LogP contribution in [-0.4, -0.2) is 58.5 Å². The highest BCUT2D eigenvalue weighted by Gasteiger charge is 2.20. The Hall–Kier alpha value is -3.82. The number of piperazine rings is 1. The molecule has 1 amide bonds. The van der Waals surface area contributed by atoms with Gasteiger partial charge >= 0.3 is 0 Å². The second kappa shape index (κ2) is 10.7. The summed E-state index contributed by atoms with van der Waals surface area (Å²) in [6.07, 6.45) is 5.19. The van der Waals surface area contributed by atoms with Gasteiger partial charge in [-0.3, -0.25) is 14.7 Å². The second-order valence-corrected chi connectivity index (χ2v) is 9.51. The third kappa shape index (κ3) is 5.47. The molecule has 0 aliphatic carbocycles. The molecule has 2 aromatic carbocycles. The van der Waals surface area contributed by atoms with Gasteiger partial charge < -0.3 is 16.0 Å². The molecule has 1 aliphatic rings. The number of nitrogens with one attached hydrogen (secondary N) is 1. The van der Waals surface area contributed by atoms with Gasteiger partial charge in [0.2, 0.25) is 11.9 Å². The van der Waals surface area contributed by atoms with Crippen LogP contribution in [0.2, 0.25) is 5.02 Å². The number of nitrogens with zero attached hydrogens (tertiary/aromatic N) is 5. The fourth-order valence-electron chi connectivity index (χ4n) is 4.58. The van der Waals surface area contributed by atoms with Crippen molar-refractivity contribution in [2.45, 2.75) is 13.0 Å². The van der Waals surface area contributed by atoms with Crippen molar-refractivity contribution in [3.8, 4) is 11.1 Å². The van der Waals surface area contributed by atoms with Crippen LogP contribution in [0.4, 0.5) is 16.0 Å². The molecule has 0 radical (unpaired) electrons. The van der Waals surface area contributed by atoms with Crippen LogP contribution in [0.25, 0.3) is 22.0 Å². The summed E-state index contributed by atoms with van der Waals surface area (Å²) in [4.78, 5) is 28.9. The van der Waals surface area contributed by atoms with E-state index in [2.05, 4.69) is 25.2 Å². The average Bonchev–Trinajstić information content (AvgIpc) is 2.90. The van der Waals surface area contributed by atoms with E-state index in [0.717, 1.165) is 48.2 Å². The van der Waals surface area contributed by atoms with Gasteiger partial charge in [-0.1, -0.05) is 35.9 Å². The fourth-order valence-corrected chi connectivity index (χ4v) is 4.78. The highest BCUT2D eigenvalue weighted by molar-refractivity contribution is 6.34. The van der Waals surface area contributed by atoms with Crippen LogP contribution >= 0.6 is 11.6 Å². The Morgan fingerprint density at radius 3 is 2.49 bits per heavy atom. The van der Waals surface area contributed by atoms with Crippen molar-refractivity contribution in [2.24, 2.45) is 5.73 Å². The number of rotatable bonds is 7. The molecule has 0 saturated carbocycles. The summed E-state index contributed by atoms with van der Waals surface area (Å²) >= 11 is 6.54. The standard InChI is InChI=1S/C27H27ClFN7O/c1-17(20-4-2-3-5-23(20)29)34-26-21-12-18(6-7-24(21)31-15-22(26)28)19-13-32-27(33-14-19)36-10-8-35(9-11-36)16-25(30)37/h2-7,12-15,17H,8-11,16H2,1H3,(H2,30,37)(H,31,34)/t17-/m1/s1. The number of halogens is 2. The number of hydrogen-bond acceptors (Lipinski definition) is 7. The summed E-state index contributed by atoms with van der Waals surface area (Å²) in [5.74, 6) is 0.0548. The number of pyridine rings is 1. The molecular weight excluding hydrogens is 493 g/mol. The van der Waals surface area contributed by atoms with Crippen molar-refractivity contribution in [2.75, 3.05) is 42.9 Å². The Labute approximate surface area is 219 Å². The number of hydrogen-bond donors (Lipinski definition) is 2. The van der Waals surface area contributed by atoms with E-state index in [-0.39, 0.29) is 24.3 Å². The minimum atomic E-state index is -0.319. The number of amides is 1. The summed E-state index contributed by atoms with van der Waals surface area (Å²) in [7, 11) is 0. The highest BCUT2D eigenvalue weighted by atomic mass is 35.5. The lowest BCUT2D eigenvalue weighted by atomic mass is 10.0. The lowest BCUT2D eigenvalue weighted by Gasteiger charge is -2.33. The monoisotopic (exact) mass is 519 g/mol. The maximum Gasteiger partial charge on any atom is 0.231 e. The van der Waals surface area contributed by atoms with Gasteiger partial charge in [-0.05, 0) is 30.7 Å². The van der Waals surface area contributed by atoms with Crippen molar-refractivity contribution < 1.29 is 9.18 Å². The number of fused-ring (bicyclic) bond motifs is 1. The Bertz CT molecular complexity index is 1420. The van der Waals surface area contributed by atoms with Crippen molar-refractivity contribution in [3.63, 3.8) is 0 Å². The predicted molar refractivity (Wildman–Crippen MR) is 144 cm³/mol. The van der Waals surface area contributed by atoms with E-state index in [1.807, 2.05) is 36.1 Å². The molecule has 2 aromatic heterocycles. The summed E-state index contributed by atoms with van der Waals surface area (Å²) < 4.78 is 14.4. The maximum absolute atomic E-state index is 14.4. The van der Waals surface area contributed by atoms with Crippen LogP contribution in [0.15, 0.2) is 61.1 Å². The van der Waals surface area contributed by atoms with Gasteiger partial charge in [0.1, 0.15) is 5.82 Å². The van der Waals surface area contributed by atoms with E-state index >= 15 is 0 Å². The van der Waals surface area contributed by atoms with Crippen LogP contribution in [0, 0.1) is 5.82 Å². The molecule has 8 nitrogen and oxygen atoms in total. The first-order valence-corrected chi connectivity index (χ1v) is 12.4. The van der Waals surface area contributed by atoms with E-state index in [9.17, 15) is 9.18 Å². The Morgan fingerprint density at radius 1 is 1.05 bits per heavy atom. The number of primary amides is 1. The Balaban J connectivity index is 1.38. The summed E-state index contributed by atoms with van der Waals surface area (Å²) in [5.41, 5.74) is 9.08. The molecule has 0 spiro atoms. The molecule has 1 atom stereocenters. The quantitative estimate of drug-likeness (QED) is 0.376. The maximum atomic E-state index is 14.4. The molecule has 10 heteroatoms. The van der Waals surface area contributed by atoms with Gasteiger partial charge in [-0.2, -0.15) is 0 Å². The van der Waals surface area contributed by atoms with Crippen LogP contribution in [0.5, 0.6) is 0 Å². The van der Waals surface area contributed by atoms with Gasteiger partial charge in [0.25, 0.3) is 0 Å². The van der Waals surface area contributed by atoms with Gasteiger partial charge in [0.05, 0.1) is 28.8 Å². The number of carbonyl (C=O) groups excluding carboxylic acids is 1. The molecule has 190 valence electrons. The zero-order valence-corrected chi connectivity index (χ0v) is 21.1. The lowest BCUT2D eigenvalue weighted by Crippen LogP contribution is -2.49. The smallest absolute Gasteiger partial charge is 0.231 e. The molecule has 5 rings (SSSR count). The molecule has 1 fully saturated rings. The SMILES string of the molecule is C[C@@H](Nc1c(Cl)cnc2ccc(-c3cnc(N4CCN(CC(N)=O)CC4)nc3)cc12)c1ccccc1F. The highest BCUT2D eigenvalue weighted by Crippen LogP contribution is 2.35. The van der Waals surface area contributed by atoms with Gasteiger partial charge in [-0.25, -0.2) is 14.4 Å². The van der Waals surface area contributed by atoms with E-state index in [4.69, 9.17) is 17.3 Å². The third-order valence-electron chi connectivity index (χ3n) is 6.56. The Kier molecular flexibility index (Phi) is 7.16. The van der Waals surface area contributed by atoms with Gasteiger partial charge in [-0.15, -0.1) is 0 Å². The molecule has 1 saturated heterocycles. The molecule has 37 heavy (non-hydrogen) atoms. The van der Waals surface area contributed by atoms with Gasteiger partial charge in [0, 0.05) is 61.3 Å². The second-order valence-electron chi connectivity index (χ2n) is 9.10. The number of anilines is 2. The first-order valence-electron chi connectivity index (χ1n) is 12.1. The molecule has 0 unspecified atom stereocenters. The largest absolute Gasteiger partial charge is 0.377 e. The van der Waals surface area contributed by atoms with Crippen molar-refractivity contribution in [1.82, 2.24) is 19.9 Å². The van der Waals surface area contributed by atoms with Crippen LogP contribution in [0.3, 0.4) is 0 Å². The van der Waals surface area contributed by atoms with Gasteiger partial charge in [0.15, 0.2) is 0 Å². The molecule has 1 aliphatic heterocycles. The fraction of sp³-hybridized carbons (Fsp3) is 0.259. The average molecular weight is 520 g/mol. The molecule has 4 aromatic rings. The van der Waals surface area contributed by atoms with E-state index in [1.165, 1.54) is 6.07 Å². The number of aromatic nitrogens is 3. The summed E-state index contributed by atoms with van der Waals surface area (Å²) in [5, 5.41) is 4.65. The Morgan fingerprint density at radius 2 is 1.78 bits per heavy atom. The van der Waals surface area contributed by atoms with E-state index in [1.54, 1.807) is 30.7 Å². The minimum Gasteiger partial charge on any atom is -0.377 e.